The zero-order valence-electron chi connectivity index (χ0n) is 12.2. The highest BCUT2D eigenvalue weighted by Gasteiger charge is 2.34. The molecule has 1 saturated heterocycles. The lowest BCUT2D eigenvalue weighted by Gasteiger charge is -2.42. The predicted octanol–water partition coefficient (Wildman–Crippen LogP) is 3.55. The minimum absolute atomic E-state index is 0.499. The monoisotopic (exact) mass is 279 g/mol. The highest BCUT2D eigenvalue weighted by atomic mass is 16.3. The van der Waals surface area contributed by atoms with Gasteiger partial charge in [0.1, 0.15) is 5.75 Å². The second-order valence-electron chi connectivity index (χ2n) is 6.53. The number of rotatable bonds is 2. The maximum Gasteiger partial charge on any atom is 0.119 e. The molecule has 0 amide bonds. The summed E-state index contributed by atoms with van der Waals surface area (Å²) in [5.41, 5.74) is 3.98. The van der Waals surface area contributed by atoms with Gasteiger partial charge in [0.15, 0.2) is 0 Å². The first-order chi connectivity index (χ1) is 10.3. The molecule has 2 bridgehead atoms. The van der Waals surface area contributed by atoms with Crippen LogP contribution < -0.4 is 0 Å². The third kappa shape index (κ3) is 2.44. The number of hydrogen-bond donors (Lipinski definition) is 1. The lowest BCUT2D eigenvalue weighted by Crippen LogP contribution is -2.42. The molecule has 2 aliphatic rings. The summed E-state index contributed by atoms with van der Waals surface area (Å²) in [4.78, 5) is 2.58. The van der Waals surface area contributed by atoms with Crippen LogP contribution in [0.25, 0.3) is 0 Å². The first-order valence-electron chi connectivity index (χ1n) is 7.86. The third-order valence-corrected chi connectivity index (χ3v) is 4.98. The van der Waals surface area contributed by atoms with Gasteiger partial charge in [0.2, 0.25) is 0 Å². The molecule has 0 radical (unpaired) electrons. The molecule has 2 heteroatoms. The normalized spacial score (nSPS) is 24.6. The molecule has 1 fully saturated rings. The van der Waals surface area contributed by atoms with E-state index in [1.165, 1.54) is 23.1 Å². The van der Waals surface area contributed by atoms with Crippen molar-refractivity contribution in [2.24, 2.45) is 5.92 Å². The summed E-state index contributed by atoms with van der Waals surface area (Å²) in [5.74, 6) is 1.77. The van der Waals surface area contributed by atoms with Crippen molar-refractivity contribution in [1.29, 1.82) is 0 Å². The number of likely N-dealkylation sites (tertiary alicyclic amines) is 1. The van der Waals surface area contributed by atoms with Crippen LogP contribution in [0.3, 0.4) is 0 Å². The molecular formula is C19H21NO. The minimum atomic E-state index is 0.499. The maximum atomic E-state index is 10.1. The highest BCUT2D eigenvalue weighted by Crippen LogP contribution is 2.42. The summed E-state index contributed by atoms with van der Waals surface area (Å²) in [6.07, 6.45) is 2.31. The van der Waals surface area contributed by atoms with Crippen molar-refractivity contribution in [3.05, 3.63) is 65.2 Å². The molecule has 2 unspecified atom stereocenters. The van der Waals surface area contributed by atoms with E-state index >= 15 is 0 Å². The van der Waals surface area contributed by atoms with Crippen molar-refractivity contribution >= 4 is 0 Å². The van der Waals surface area contributed by atoms with Crippen molar-refractivity contribution in [3.8, 4) is 5.75 Å². The molecular weight excluding hydrogens is 258 g/mol. The van der Waals surface area contributed by atoms with Gasteiger partial charge in [-0.3, -0.25) is 4.90 Å². The minimum Gasteiger partial charge on any atom is -0.508 e. The molecule has 2 atom stereocenters. The standard InChI is InChI=1S/C19H21NO/c21-19-8-4-7-17-16-9-15(10-18(17)19)12-20(13-16)11-14-5-2-1-3-6-14/h1-8,15-16,21H,9-13H2. The number of hydrogen-bond acceptors (Lipinski definition) is 2. The second-order valence-corrected chi connectivity index (χ2v) is 6.53. The molecule has 2 nitrogen and oxygen atoms in total. The Bertz CT molecular complexity index is 637. The van der Waals surface area contributed by atoms with Gasteiger partial charge in [0.25, 0.3) is 0 Å². The Kier molecular flexibility index (Phi) is 3.19. The summed E-state index contributed by atoms with van der Waals surface area (Å²) >= 11 is 0. The van der Waals surface area contributed by atoms with E-state index in [9.17, 15) is 5.11 Å². The maximum absolute atomic E-state index is 10.1. The Morgan fingerprint density at radius 1 is 1.00 bits per heavy atom. The summed E-state index contributed by atoms with van der Waals surface area (Å²) in [5, 5.41) is 10.1. The van der Waals surface area contributed by atoms with E-state index in [2.05, 4.69) is 41.3 Å². The Balaban J connectivity index is 1.57. The zero-order valence-corrected chi connectivity index (χ0v) is 12.2. The van der Waals surface area contributed by atoms with Crippen LogP contribution in [-0.2, 0) is 13.0 Å². The molecule has 108 valence electrons. The predicted molar refractivity (Wildman–Crippen MR) is 84.4 cm³/mol. The van der Waals surface area contributed by atoms with E-state index in [4.69, 9.17) is 0 Å². The summed E-state index contributed by atoms with van der Waals surface area (Å²) in [6.45, 7) is 3.31. The molecule has 4 rings (SSSR count). The number of fused-ring (bicyclic) bond motifs is 4. The van der Waals surface area contributed by atoms with Crippen LogP contribution in [0.2, 0.25) is 0 Å². The van der Waals surface area contributed by atoms with Crippen LogP contribution in [0, 0.1) is 5.92 Å². The van der Waals surface area contributed by atoms with Gasteiger partial charge in [-0.2, -0.15) is 0 Å². The number of phenols is 1. The van der Waals surface area contributed by atoms with E-state index in [0.29, 0.717) is 17.6 Å². The molecule has 0 spiro atoms. The summed E-state index contributed by atoms with van der Waals surface area (Å²) < 4.78 is 0. The van der Waals surface area contributed by atoms with Gasteiger partial charge < -0.3 is 5.11 Å². The van der Waals surface area contributed by atoms with Crippen LogP contribution in [0.15, 0.2) is 48.5 Å². The average molecular weight is 279 g/mol. The van der Waals surface area contributed by atoms with Crippen molar-refractivity contribution in [3.63, 3.8) is 0 Å². The molecule has 2 aromatic rings. The molecule has 21 heavy (non-hydrogen) atoms. The van der Waals surface area contributed by atoms with E-state index in [-0.39, 0.29) is 0 Å². The topological polar surface area (TPSA) is 23.5 Å². The fraction of sp³-hybridized carbons (Fsp3) is 0.368. The molecule has 1 heterocycles. The largest absolute Gasteiger partial charge is 0.508 e. The lowest BCUT2D eigenvalue weighted by molar-refractivity contribution is 0.137. The Morgan fingerprint density at radius 3 is 2.71 bits per heavy atom. The number of phenolic OH excluding ortho intramolecular Hbond substituents is 1. The van der Waals surface area contributed by atoms with Crippen LogP contribution in [0.5, 0.6) is 5.75 Å². The molecule has 1 aliphatic carbocycles. The lowest BCUT2D eigenvalue weighted by atomic mass is 9.73. The van der Waals surface area contributed by atoms with Gasteiger partial charge in [-0.25, -0.2) is 0 Å². The van der Waals surface area contributed by atoms with Gasteiger partial charge >= 0.3 is 0 Å². The molecule has 1 N–H and O–H groups in total. The second kappa shape index (κ2) is 5.19. The Hall–Kier alpha value is -1.80. The third-order valence-electron chi connectivity index (χ3n) is 4.98. The van der Waals surface area contributed by atoms with Crippen LogP contribution in [-0.4, -0.2) is 23.1 Å². The molecule has 0 saturated carbocycles. The fourth-order valence-electron chi connectivity index (χ4n) is 4.13. The Labute approximate surface area is 126 Å². The zero-order chi connectivity index (χ0) is 14.2. The summed E-state index contributed by atoms with van der Waals surface area (Å²) in [6, 6.07) is 16.8. The van der Waals surface area contributed by atoms with Gasteiger partial charge in [0.05, 0.1) is 0 Å². The number of piperidine rings is 1. The first-order valence-corrected chi connectivity index (χ1v) is 7.86. The number of aromatic hydroxyl groups is 1. The van der Waals surface area contributed by atoms with E-state index in [1.807, 2.05) is 12.1 Å². The van der Waals surface area contributed by atoms with E-state index in [0.717, 1.165) is 26.1 Å². The van der Waals surface area contributed by atoms with Gasteiger partial charge in [0, 0.05) is 19.6 Å². The number of benzene rings is 2. The fourth-order valence-corrected chi connectivity index (χ4v) is 4.13. The molecule has 2 aromatic carbocycles. The summed E-state index contributed by atoms with van der Waals surface area (Å²) in [7, 11) is 0. The smallest absolute Gasteiger partial charge is 0.119 e. The highest BCUT2D eigenvalue weighted by molar-refractivity contribution is 5.43. The Morgan fingerprint density at radius 2 is 1.86 bits per heavy atom. The van der Waals surface area contributed by atoms with E-state index in [1.54, 1.807) is 0 Å². The first kappa shape index (κ1) is 12.9. The average Bonchev–Trinajstić information content (AvgIpc) is 2.49. The van der Waals surface area contributed by atoms with Crippen molar-refractivity contribution < 1.29 is 5.11 Å². The van der Waals surface area contributed by atoms with Crippen LogP contribution >= 0.6 is 0 Å². The van der Waals surface area contributed by atoms with Crippen LogP contribution in [0.1, 0.15) is 29.0 Å². The van der Waals surface area contributed by atoms with Crippen molar-refractivity contribution in [2.45, 2.75) is 25.3 Å². The van der Waals surface area contributed by atoms with Gasteiger partial charge in [-0.05, 0) is 47.4 Å². The SMILES string of the molecule is Oc1cccc2c1CC1CC2CN(Cc2ccccc2)C1. The molecule has 0 aromatic heterocycles. The number of nitrogens with zero attached hydrogens (tertiary/aromatic N) is 1. The van der Waals surface area contributed by atoms with Crippen molar-refractivity contribution in [1.82, 2.24) is 4.90 Å². The van der Waals surface area contributed by atoms with Gasteiger partial charge in [-0.15, -0.1) is 0 Å². The quantitative estimate of drug-likeness (QED) is 0.908. The van der Waals surface area contributed by atoms with Crippen LogP contribution in [0.4, 0.5) is 0 Å². The van der Waals surface area contributed by atoms with Crippen molar-refractivity contribution in [2.75, 3.05) is 13.1 Å². The molecule has 1 aliphatic heterocycles. The van der Waals surface area contributed by atoms with Gasteiger partial charge in [-0.1, -0.05) is 42.5 Å². The van der Waals surface area contributed by atoms with E-state index < -0.39 is 0 Å².